The number of alkyl halides is 3. The lowest BCUT2D eigenvalue weighted by molar-refractivity contribution is -0.137. The van der Waals surface area contributed by atoms with E-state index in [-0.39, 0.29) is 5.02 Å². The van der Waals surface area contributed by atoms with Gasteiger partial charge < -0.3 is 4.57 Å². The minimum atomic E-state index is -4.43. The van der Waals surface area contributed by atoms with Crippen molar-refractivity contribution in [2.75, 3.05) is 0 Å². The fourth-order valence-electron chi connectivity index (χ4n) is 3.59. The van der Waals surface area contributed by atoms with E-state index < -0.39 is 11.7 Å². The molecule has 7 heteroatoms. The molecule has 0 aliphatic rings. The molecule has 1 aromatic carbocycles. The number of rotatable bonds is 6. The number of hydrogen-bond acceptors (Lipinski definition) is 2. The van der Waals surface area contributed by atoms with Crippen LogP contribution in [-0.4, -0.2) is 14.5 Å². The Balaban J connectivity index is 2.06. The van der Waals surface area contributed by atoms with E-state index >= 15 is 0 Å². The molecule has 0 spiro atoms. The van der Waals surface area contributed by atoms with Crippen molar-refractivity contribution in [3.8, 4) is 11.3 Å². The maximum Gasteiger partial charge on any atom is 0.416 e. The maximum absolute atomic E-state index is 12.9. The van der Waals surface area contributed by atoms with Crippen LogP contribution in [0.25, 0.3) is 22.4 Å². The Kier molecular flexibility index (Phi) is 5.98. The summed E-state index contributed by atoms with van der Waals surface area (Å²) in [5, 5.41) is 0.0269. The second-order valence-corrected chi connectivity index (χ2v) is 7.48. The topological polar surface area (TPSA) is 30.7 Å². The summed E-state index contributed by atoms with van der Waals surface area (Å²) in [6.45, 7) is 6.22. The third-order valence-electron chi connectivity index (χ3n) is 4.94. The van der Waals surface area contributed by atoms with Crippen LogP contribution in [0.3, 0.4) is 0 Å². The van der Waals surface area contributed by atoms with E-state index in [0.717, 1.165) is 48.9 Å². The average molecular weight is 410 g/mol. The van der Waals surface area contributed by atoms with Gasteiger partial charge in [-0.1, -0.05) is 44.4 Å². The first-order valence-electron chi connectivity index (χ1n) is 9.47. The van der Waals surface area contributed by atoms with Gasteiger partial charge in [0.1, 0.15) is 0 Å². The van der Waals surface area contributed by atoms with Crippen molar-refractivity contribution in [2.45, 2.75) is 58.7 Å². The van der Waals surface area contributed by atoms with Gasteiger partial charge in [-0.2, -0.15) is 13.2 Å². The third kappa shape index (κ3) is 4.02. The van der Waals surface area contributed by atoms with Crippen molar-refractivity contribution in [3.63, 3.8) is 0 Å². The van der Waals surface area contributed by atoms with Crippen LogP contribution < -0.4 is 0 Å². The van der Waals surface area contributed by atoms with Gasteiger partial charge in [-0.3, -0.25) is 0 Å². The Labute approximate surface area is 167 Å². The van der Waals surface area contributed by atoms with Gasteiger partial charge in [-0.15, -0.1) is 0 Å². The molecule has 3 aromatic rings. The number of aryl methyl sites for hydroxylation is 1. The third-order valence-corrected chi connectivity index (χ3v) is 5.26. The first-order chi connectivity index (χ1) is 13.3. The van der Waals surface area contributed by atoms with Crippen molar-refractivity contribution in [2.24, 2.45) is 0 Å². The first kappa shape index (κ1) is 20.6. The molecule has 2 heterocycles. The zero-order chi connectivity index (χ0) is 20.5. The summed E-state index contributed by atoms with van der Waals surface area (Å²) < 4.78 is 40.9. The number of fused-ring (bicyclic) bond motifs is 1. The standard InChI is InChI=1S/C21H23ClF3N3/c1-4-6-15(7-5-2)28-12-26-20-18(28)10-13(3)19(27-20)16-9-8-14(11-17(16)22)21(23,24)25/h8-12,15H,4-7H2,1-3H3. The average Bonchev–Trinajstić information content (AvgIpc) is 3.03. The zero-order valence-electron chi connectivity index (χ0n) is 16.1. The van der Waals surface area contributed by atoms with Crippen LogP contribution >= 0.6 is 11.6 Å². The fraction of sp³-hybridized carbons (Fsp3) is 0.429. The van der Waals surface area contributed by atoms with Crippen molar-refractivity contribution in [3.05, 3.63) is 46.7 Å². The summed E-state index contributed by atoms with van der Waals surface area (Å²) in [6, 6.07) is 5.71. The minimum absolute atomic E-state index is 0.0269. The SMILES string of the molecule is CCCC(CCC)n1cnc2nc(-c3ccc(C(F)(F)F)cc3Cl)c(C)cc21. The molecule has 0 bridgehead atoms. The van der Waals surface area contributed by atoms with Gasteiger partial charge in [-0.25, -0.2) is 9.97 Å². The predicted octanol–water partition coefficient (Wildman–Crippen LogP) is 7.22. The number of benzene rings is 1. The van der Waals surface area contributed by atoms with E-state index in [1.54, 1.807) is 0 Å². The van der Waals surface area contributed by atoms with Crippen molar-refractivity contribution >= 4 is 22.8 Å². The zero-order valence-corrected chi connectivity index (χ0v) is 16.9. The van der Waals surface area contributed by atoms with Gasteiger partial charge in [0.2, 0.25) is 0 Å². The molecular formula is C21H23ClF3N3. The van der Waals surface area contributed by atoms with E-state index in [1.807, 2.05) is 19.3 Å². The van der Waals surface area contributed by atoms with Crippen LogP contribution in [0, 0.1) is 6.92 Å². The molecule has 0 unspecified atom stereocenters. The summed E-state index contributed by atoms with van der Waals surface area (Å²) >= 11 is 6.17. The van der Waals surface area contributed by atoms with Crippen LogP contribution in [0.2, 0.25) is 5.02 Å². The van der Waals surface area contributed by atoms with E-state index in [9.17, 15) is 13.2 Å². The molecule has 0 aliphatic heterocycles. The molecule has 0 atom stereocenters. The smallest absolute Gasteiger partial charge is 0.326 e. The summed E-state index contributed by atoms with van der Waals surface area (Å²) in [5.74, 6) is 0. The lowest BCUT2D eigenvalue weighted by atomic mass is 10.0. The second kappa shape index (κ2) is 8.11. The molecule has 3 nitrogen and oxygen atoms in total. The van der Waals surface area contributed by atoms with Gasteiger partial charge in [0.25, 0.3) is 0 Å². The molecule has 28 heavy (non-hydrogen) atoms. The van der Waals surface area contributed by atoms with Gasteiger partial charge in [-0.05, 0) is 43.5 Å². The van der Waals surface area contributed by atoms with Gasteiger partial charge in [0.05, 0.1) is 28.1 Å². The van der Waals surface area contributed by atoms with Gasteiger partial charge in [0.15, 0.2) is 5.65 Å². The Hall–Kier alpha value is -2.08. The highest BCUT2D eigenvalue weighted by Gasteiger charge is 2.31. The molecule has 0 radical (unpaired) electrons. The van der Waals surface area contributed by atoms with Crippen LogP contribution in [0.1, 0.15) is 56.7 Å². The number of aromatic nitrogens is 3. The molecular weight excluding hydrogens is 387 g/mol. The van der Waals surface area contributed by atoms with E-state index in [1.165, 1.54) is 6.07 Å². The Bertz CT molecular complexity index is 973. The van der Waals surface area contributed by atoms with E-state index in [4.69, 9.17) is 11.6 Å². The Morgan fingerprint density at radius 2 is 1.79 bits per heavy atom. The molecule has 150 valence electrons. The van der Waals surface area contributed by atoms with E-state index in [2.05, 4.69) is 28.4 Å². The number of nitrogens with zero attached hydrogens (tertiary/aromatic N) is 3. The Morgan fingerprint density at radius 3 is 2.36 bits per heavy atom. The highest BCUT2D eigenvalue weighted by Crippen LogP contribution is 2.37. The minimum Gasteiger partial charge on any atom is -0.326 e. The molecule has 0 fully saturated rings. The van der Waals surface area contributed by atoms with Crippen LogP contribution in [0.15, 0.2) is 30.6 Å². The van der Waals surface area contributed by atoms with Crippen molar-refractivity contribution in [1.29, 1.82) is 0 Å². The molecule has 2 aromatic heterocycles. The second-order valence-electron chi connectivity index (χ2n) is 7.07. The molecule has 0 saturated carbocycles. The monoisotopic (exact) mass is 409 g/mol. The van der Waals surface area contributed by atoms with Gasteiger partial charge >= 0.3 is 6.18 Å². The number of halogens is 4. The fourth-order valence-corrected chi connectivity index (χ4v) is 3.86. The van der Waals surface area contributed by atoms with Crippen molar-refractivity contribution < 1.29 is 13.2 Å². The molecule has 0 saturated heterocycles. The summed E-state index contributed by atoms with van der Waals surface area (Å²) in [4.78, 5) is 9.07. The molecule has 0 N–H and O–H groups in total. The number of hydrogen-bond donors (Lipinski definition) is 0. The summed E-state index contributed by atoms with van der Waals surface area (Å²) in [7, 11) is 0. The molecule has 0 amide bonds. The lowest BCUT2D eigenvalue weighted by Crippen LogP contribution is -2.08. The first-order valence-corrected chi connectivity index (χ1v) is 9.85. The highest BCUT2D eigenvalue weighted by atomic mass is 35.5. The quantitative estimate of drug-likeness (QED) is 0.430. The summed E-state index contributed by atoms with van der Waals surface area (Å²) in [6.07, 6.45) is 1.66. The predicted molar refractivity (Wildman–Crippen MR) is 107 cm³/mol. The molecule has 3 rings (SSSR count). The van der Waals surface area contributed by atoms with Gasteiger partial charge in [0, 0.05) is 11.6 Å². The van der Waals surface area contributed by atoms with Crippen LogP contribution in [0.4, 0.5) is 13.2 Å². The van der Waals surface area contributed by atoms with E-state index in [0.29, 0.717) is 22.9 Å². The van der Waals surface area contributed by atoms with Crippen LogP contribution in [-0.2, 0) is 6.18 Å². The number of imidazole rings is 1. The lowest BCUT2D eigenvalue weighted by Gasteiger charge is -2.18. The van der Waals surface area contributed by atoms with Crippen molar-refractivity contribution in [1.82, 2.24) is 14.5 Å². The highest BCUT2D eigenvalue weighted by molar-refractivity contribution is 6.33. The summed E-state index contributed by atoms with van der Waals surface area (Å²) in [5.41, 5.74) is 2.63. The largest absolute Gasteiger partial charge is 0.416 e. The normalized spacial score (nSPS) is 12.3. The Morgan fingerprint density at radius 1 is 1.11 bits per heavy atom. The maximum atomic E-state index is 12.9. The number of pyridine rings is 1. The molecule has 0 aliphatic carbocycles. The van der Waals surface area contributed by atoms with Crippen LogP contribution in [0.5, 0.6) is 0 Å².